The second kappa shape index (κ2) is 8.50. The molecule has 8 nitrogen and oxygen atoms in total. The van der Waals surface area contributed by atoms with Gasteiger partial charge in [0.15, 0.2) is 23.0 Å². The van der Waals surface area contributed by atoms with Crippen LogP contribution in [0.15, 0.2) is 36.4 Å². The van der Waals surface area contributed by atoms with Crippen molar-refractivity contribution in [2.75, 3.05) is 21.0 Å². The molecule has 5 rings (SSSR count). The van der Waals surface area contributed by atoms with Crippen molar-refractivity contribution >= 4 is 11.8 Å². The predicted octanol–water partition coefficient (Wildman–Crippen LogP) is 3.34. The smallest absolute Gasteiger partial charge is 0.246 e. The van der Waals surface area contributed by atoms with Gasteiger partial charge >= 0.3 is 0 Å². The quantitative estimate of drug-likeness (QED) is 0.649. The maximum atomic E-state index is 13.6. The van der Waals surface area contributed by atoms with Crippen molar-refractivity contribution in [2.24, 2.45) is 0 Å². The number of β-lactam (4-membered cyclic amide) rings is 1. The molecule has 1 atom stereocenters. The lowest BCUT2D eigenvalue weighted by molar-refractivity contribution is -0.165. The highest BCUT2D eigenvalue weighted by atomic mass is 16.7. The Morgan fingerprint density at radius 2 is 1.91 bits per heavy atom. The summed E-state index contributed by atoms with van der Waals surface area (Å²) in [5.41, 5.74) is 0.940. The Morgan fingerprint density at radius 3 is 2.64 bits per heavy atom. The monoisotopic (exact) mass is 452 g/mol. The molecule has 1 saturated heterocycles. The van der Waals surface area contributed by atoms with Crippen LogP contribution < -0.4 is 24.3 Å². The summed E-state index contributed by atoms with van der Waals surface area (Å²) in [5.74, 6) is 2.48. The predicted molar refractivity (Wildman–Crippen MR) is 119 cm³/mol. The van der Waals surface area contributed by atoms with E-state index in [0.29, 0.717) is 42.3 Å². The minimum absolute atomic E-state index is 0.00803. The van der Waals surface area contributed by atoms with Crippen LogP contribution in [0.5, 0.6) is 23.0 Å². The second-order valence-electron chi connectivity index (χ2n) is 8.67. The van der Waals surface area contributed by atoms with Crippen LogP contribution in [0, 0.1) is 0 Å². The molecule has 0 bridgehead atoms. The number of carbonyl (C=O) groups excluding carboxylic acids is 2. The largest absolute Gasteiger partial charge is 0.493 e. The lowest BCUT2D eigenvalue weighted by Gasteiger charge is -2.51. The van der Waals surface area contributed by atoms with Crippen molar-refractivity contribution in [1.29, 1.82) is 0 Å². The zero-order chi connectivity index (χ0) is 23.0. The van der Waals surface area contributed by atoms with Gasteiger partial charge < -0.3 is 29.2 Å². The highest BCUT2D eigenvalue weighted by Crippen LogP contribution is 2.49. The maximum Gasteiger partial charge on any atom is 0.246 e. The number of nitrogens with zero attached hydrogens (tertiary/aromatic N) is 1. The third-order valence-electron chi connectivity index (χ3n) is 6.97. The van der Waals surface area contributed by atoms with Crippen LogP contribution in [0.1, 0.15) is 49.3 Å². The second-order valence-corrected chi connectivity index (χ2v) is 8.67. The van der Waals surface area contributed by atoms with E-state index in [9.17, 15) is 9.59 Å². The van der Waals surface area contributed by atoms with Crippen molar-refractivity contribution in [1.82, 2.24) is 10.2 Å². The molecule has 8 heteroatoms. The lowest BCUT2D eigenvalue weighted by atomic mass is 9.83. The Morgan fingerprint density at radius 1 is 1.12 bits per heavy atom. The van der Waals surface area contributed by atoms with Gasteiger partial charge in [-0.1, -0.05) is 31.0 Å². The number of fused-ring (bicyclic) bond motifs is 1. The first-order chi connectivity index (χ1) is 16.1. The zero-order valence-corrected chi connectivity index (χ0v) is 18.9. The fourth-order valence-corrected chi connectivity index (χ4v) is 5.31. The van der Waals surface area contributed by atoms with E-state index in [1.165, 1.54) is 0 Å². The van der Waals surface area contributed by atoms with Gasteiger partial charge in [0.25, 0.3) is 0 Å². The van der Waals surface area contributed by atoms with Crippen LogP contribution in [-0.2, 0) is 16.1 Å². The molecule has 2 aromatic rings. The van der Waals surface area contributed by atoms with E-state index < -0.39 is 5.54 Å². The molecule has 3 aliphatic rings. The Kier molecular flexibility index (Phi) is 5.52. The number of para-hydroxylation sites is 1. The summed E-state index contributed by atoms with van der Waals surface area (Å²) >= 11 is 0. The first-order valence-corrected chi connectivity index (χ1v) is 11.3. The van der Waals surface area contributed by atoms with Gasteiger partial charge in [-0.05, 0) is 36.6 Å². The standard InChI is InChI=1S/C25H28N2O6/c1-30-20-7-5-6-17(23(20)31-2)14-26-24(29)25(10-3-4-11-25)27-18(13-22(27)28)16-8-9-19-21(12-16)33-15-32-19/h5-9,12,18H,3-4,10-11,13-15H2,1-2H3,(H,26,29). The maximum absolute atomic E-state index is 13.6. The summed E-state index contributed by atoms with van der Waals surface area (Å²) < 4.78 is 21.8. The molecule has 2 fully saturated rings. The van der Waals surface area contributed by atoms with Crippen molar-refractivity contribution < 1.29 is 28.5 Å². The van der Waals surface area contributed by atoms with Crippen LogP contribution in [0.25, 0.3) is 0 Å². The molecule has 174 valence electrons. The molecular formula is C25H28N2O6. The van der Waals surface area contributed by atoms with Crippen molar-refractivity contribution in [3.05, 3.63) is 47.5 Å². The Hall–Kier alpha value is -3.42. The van der Waals surface area contributed by atoms with Gasteiger partial charge in [-0.2, -0.15) is 0 Å². The van der Waals surface area contributed by atoms with Crippen LogP contribution in [0.3, 0.4) is 0 Å². The topological polar surface area (TPSA) is 86.3 Å². The normalized spacial score (nSPS) is 20.4. The Balaban J connectivity index is 1.38. The number of hydrogen-bond donors (Lipinski definition) is 1. The molecule has 33 heavy (non-hydrogen) atoms. The minimum atomic E-state index is -0.845. The van der Waals surface area contributed by atoms with Crippen LogP contribution in [-0.4, -0.2) is 43.3 Å². The molecule has 0 radical (unpaired) electrons. The SMILES string of the molecule is COc1cccc(CNC(=O)C2(N3C(=O)CC3c3ccc4c(c3)OCO4)CCCC2)c1OC. The molecule has 1 unspecified atom stereocenters. The summed E-state index contributed by atoms with van der Waals surface area (Å²) in [4.78, 5) is 28.3. The summed E-state index contributed by atoms with van der Waals surface area (Å²) in [5, 5.41) is 3.08. The van der Waals surface area contributed by atoms with E-state index in [2.05, 4.69) is 5.32 Å². The van der Waals surface area contributed by atoms with E-state index in [0.717, 1.165) is 24.0 Å². The first-order valence-electron chi connectivity index (χ1n) is 11.3. The molecule has 2 amide bonds. The van der Waals surface area contributed by atoms with E-state index in [4.69, 9.17) is 18.9 Å². The van der Waals surface area contributed by atoms with Gasteiger partial charge in [0.1, 0.15) is 5.54 Å². The van der Waals surface area contributed by atoms with Gasteiger partial charge in [0, 0.05) is 12.1 Å². The van der Waals surface area contributed by atoms with Crippen molar-refractivity contribution in [2.45, 2.75) is 50.2 Å². The van der Waals surface area contributed by atoms with Crippen LogP contribution in [0.2, 0.25) is 0 Å². The average molecular weight is 453 g/mol. The molecule has 1 saturated carbocycles. The highest BCUT2D eigenvalue weighted by Gasteiger charge is 2.55. The van der Waals surface area contributed by atoms with Gasteiger partial charge in [-0.15, -0.1) is 0 Å². The van der Waals surface area contributed by atoms with Gasteiger partial charge in [0.2, 0.25) is 18.6 Å². The Bertz CT molecular complexity index is 1080. The number of ether oxygens (including phenoxy) is 4. The number of nitrogens with one attached hydrogen (secondary N) is 1. The third-order valence-corrected chi connectivity index (χ3v) is 6.97. The molecule has 2 aliphatic heterocycles. The Labute approximate surface area is 192 Å². The van der Waals surface area contributed by atoms with Gasteiger partial charge in [-0.25, -0.2) is 0 Å². The minimum Gasteiger partial charge on any atom is -0.493 e. The average Bonchev–Trinajstić information content (AvgIpc) is 3.50. The van der Waals surface area contributed by atoms with Gasteiger partial charge in [-0.3, -0.25) is 9.59 Å². The number of carbonyl (C=O) groups is 2. The number of hydrogen-bond acceptors (Lipinski definition) is 6. The molecule has 0 aromatic heterocycles. The molecule has 2 aromatic carbocycles. The molecule has 2 heterocycles. The number of benzene rings is 2. The molecule has 0 spiro atoms. The van der Waals surface area contributed by atoms with Gasteiger partial charge in [0.05, 0.1) is 26.7 Å². The molecule has 1 aliphatic carbocycles. The van der Waals surface area contributed by atoms with E-state index in [-0.39, 0.29) is 31.2 Å². The van der Waals surface area contributed by atoms with E-state index >= 15 is 0 Å². The first kappa shape index (κ1) is 21.4. The summed E-state index contributed by atoms with van der Waals surface area (Å²) in [6.45, 7) is 0.490. The van der Waals surface area contributed by atoms with Crippen molar-refractivity contribution in [3.8, 4) is 23.0 Å². The van der Waals surface area contributed by atoms with Crippen LogP contribution >= 0.6 is 0 Å². The third kappa shape index (κ3) is 3.53. The van der Waals surface area contributed by atoms with E-state index in [1.807, 2.05) is 36.4 Å². The number of methoxy groups -OCH3 is 2. The zero-order valence-electron chi connectivity index (χ0n) is 18.9. The fraction of sp³-hybridized carbons (Fsp3) is 0.440. The number of rotatable bonds is 7. The highest BCUT2D eigenvalue weighted by molar-refractivity contribution is 5.95. The number of amides is 2. The van der Waals surface area contributed by atoms with Crippen LogP contribution in [0.4, 0.5) is 0 Å². The fourth-order valence-electron chi connectivity index (χ4n) is 5.31. The van der Waals surface area contributed by atoms with E-state index in [1.54, 1.807) is 19.1 Å². The lowest BCUT2D eigenvalue weighted by Crippen LogP contribution is -2.65. The molecular weight excluding hydrogens is 424 g/mol. The molecule has 1 N–H and O–H groups in total. The summed E-state index contributed by atoms with van der Waals surface area (Å²) in [6, 6.07) is 11.2. The van der Waals surface area contributed by atoms with Crippen molar-refractivity contribution in [3.63, 3.8) is 0 Å². The summed E-state index contributed by atoms with van der Waals surface area (Å²) in [6.07, 6.45) is 3.52. The summed E-state index contributed by atoms with van der Waals surface area (Å²) in [7, 11) is 3.16. The number of likely N-dealkylation sites (tertiary alicyclic amines) is 1.